The molecule has 0 aliphatic carbocycles. The molecule has 2 aromatic rings. The number of aromatic nitrogens is 1. The second kappa shape index (κ2) is 6.16. The van der Waals surface area contributed by atoms with Gasteiger partial charge in [-0.05, 0) is 12.1 Å². The van der Waals surface area contributed by atoms with Crippen molar-refractivity contribution in [3.05, 3.63) is 41.4 Å². The Balaban J connectivity index is 1.87. The summed E-state index contributed by atoms with van der Waals surface area (Å²) < 4.78 is 5.60. The van der Waals surface area contributed by atoms with Crippen LogP contribution in [0.4, 0.5) is 5.13 Å². The van der Waals surface area contributed by atoms with Crippen LogP contribution in [0.2, 0.25) is 0 Å². The second-order valence-corrected chi connectivity index (χ2v) is 4.61. The van der Waals surface area contributed by atoms with E-state index in [-0.39, 0.29) is 0 Å². The summed E-state index contributed by atoms with van der Waals surface area (Å²) in [5, 5.41) is 2.90. The Kier molecular flexibility index (Phi) is 4.30. The monoisotopic (exact) mass is 262 g/mol. The topological polar surface area (TPSA) is 42.4 Å². The molecule has 0 saturated heterocycles. The van der Waals surface area contributed by atoms with Gasteiger partial charge in [-0.15, -0.1) is 11.3 Å². The van der Waals surface area contributed by atoms with Crippen LogP contribution in [0, 0.1) is 0 Å². The smallest absolute Gasteiger partial charge is 0.185 e. The predicted octanol–water partition coefficient (Wildman–Crippen LogP) is 2.47. The summed E-state index contributed by atoms with van der Waals surface area (Å²) in [4.78, 5) is 17.0. The minimum absolute atomic E-state index is 0.515. The lowest BCUT2D eigenvalue weighted by Crippen LogP contribution is -2.23. The van der Waals surface area contributed by atoms with Crippen molar-refractivity contribution < 1.29 is 9.53 Å². The molecule has 18 heavy (non-hydrogen) atoms. The Morgan fingerprint density at radius 2 is 2.28 bits per heavy atom. The average Bonchev–Trinajstić information content (AvgIpc) is 2.93. The Bertz CT molecular complexity index is 499. The van der Waals surface area contributed by atoms with Crippen LogP contribution >= 0.6 is 11.3 Å². The minimum atomic E-state index is 0.515. The van der Waals surface area contributed by atoms with E-state index in [0.717, 1.165) is 18.0 Å². The van der Waals surface area contributed by atoms with Crippen LogP contribution in [0.1, 0.15) is 10.4 Å². The Hall–Kier alpha value is -1.88. The van der Waals surface area contributed by atoms with E-state index in [1.165, 1.54) is 0 Å². The van der Waals surface area contributed by atoms with Crippen molar-refractivity contribution in [2.24, 2.45) is 0 Å². The average molecular weight is 262 g/mol. The standard InChI is InChI=1S/C13H14N2O2S/c1-15(13-14-6-9-18-13)7-8-17-12-5-3-2-4-11(12)10-16/h2-6,9-10H,7-8H2,1H3. The number of para-hydroxylation sites is 1. The van der Waals surface area contributed by atoms with Crippen LogP contribution in [0.25, 0.3) is 0 Å². The maximum absolute atomic E-state index is 10.8. The minimum Gasteiger partial charge on any atom is -0.491 e. The van der Waals surface area contributed by atoms with Crippen LogP contribution in [0.5, 0.6) is 5.75 Å². The Labute approximate surface area is 110 Å². The molecule has 0 spiro atoms. The van der Waals surface area contributed by atoms with Crippen molar-refractivity contribution in [3.63, 3.8) is 0 Å². The van der Waals surface area contributed by atoms with E-state index in [0.29, 0.717) is 17.9 Å². The van der Waals surface area contributed by atoms with Crippen LogP contribution in [0.3, 0.4) is 0 Å². The number of carbonyl (C=O) groups is 1. The molecule has 5 heteroatoms. The van der Waals surface area contributed by atoms with E-state index in [1.54, 1.807) is 29.7 Å². The summed E-state index contributed by atoms with van der Waals surface area (Å²) in [5.74, 6) is 0.625. The van der Waals surface area contributed by atoms with Gasteiger partial charge < -0.3 is 9.64 Å². The number of ether oxygens (including phenoxy) is 1. The van der Waals surface area contributed by atoms with E-state index >= 15 is 0 Å². The van der Waals surface area contributed by atoms with Crippen LogP contribution < -0.4 is 9.64 Å². The molecule has 0 aliphatic heterocycles. The number of carbonyl (C=O) groups excluding carboxylic acids is 1. The van der Waals surface area contributed by atoms with Gasteiger partial charge in [0.25, 0.3) is 0 Å². The fourth-order valence-electron chi connectivity index (χ4n) is 1.50. The van der Waals surface area contributed by atoms with E-state index in [1.807, 2.05) is 29.5 Å². The summed E-state index contributed by atoms with van der Waals surface area (Å²) in [6.07, 6.45) is 2.58. The summed E-state index contributed by atoms with van der Waals surface area (Å²) in [6, 6.07) is 7.21. The maximum atomic E-state index is 10.8. The number of nitrogens with zero attached hydrogens (tertiary/aromatic N) is 2. The van der Waals surface area contributed by atoms with Gasteiger partial charge in [0, 0.05) is 18.6 Å². The molecule has 0 bridgehead atoms. The first-order valence-corrected chi connectivity index (χ1v) is 6.47. The zero-order valence-electron chi connectivity index (χ0n) is 10.1. The maximum Gasteiger partial charge on any atom is 0.185 e. The number of aldehydes is 1. The summed E-state index contributed by atoms with van der Waals surface area (Å²) in [5.41, 5.74) is 0.578. The van der Waals surface area contributed by atoms with Gasteiger partial charge in [0.05, 0.1) is 12.1 Å². The molecule has 0 saturated carbocycles. The van der Waals surface area contributed by atoms with E-state index in [2.05, 4.69) is 4.98 Å². The summed E-state index contributed by atoms with van der Waals surface area (Å²) in [6.45, 7) is 1.24. The molecule has 0 radical (unpaired) electrons. The van der Waals surface area contributed by atoms with Crippen LogP contribution in [-0.4, -0.2) is 31.5 Å². The van der Waals surface area contributed by atoms with Gasteiger partial charge in [-0.25, -0.2) is 4.98 Å². The molecule has 1 aromatic heterocycles. The first-order chi connectivity index (χ1) is 8.81. The zero-order valence-corrected chi connectivity index (χ0v) is 10.9. The molecule has 0 fully saturated rings. The van der Waals surface area contributed by atoms with Crippen molar-refractivity contribution in [2.45, 2.75) is 0 Å². The lowest BCUT2D eigenvalue weighted by Gasteiger charge is -2.16. The number of rotatable bonds is 6. The molecule has 94 valence electrons. The third-order valence-corrected chi connectivity index (χ3v) is 3.36. The van der Waals surface area contributed by atoms with Crippen molar-refractivity contribution in [1.82, 2.24) is 4.98 Å². The highest BCUT2D eigenvalue weighted by Gasteiger charge is 2.05. The molecule has 0 N–H and O–H groups in total. The van der Waals surface area contributed by atoms with Gasteiger partial charge in [0.15, 0.2) is 11.4 Å². The zero-order chi connectivity index (χ0) is 12.8. The largest absolute Gasteiger partial charge is 0.491 e. The van der Waals surface area contributed by atoms with Crippen molar-refractivity contribution in [2.75, 3.05) is 25.1 Å². The number of anilines is 1. The summed E-state index contributed by atoms with van der Waals surface area (Å²) >= 11 is 1.59. The SMILES string of the molecule is CN(CCOc1ccccc1C=O)c1nccs1. The van der Waals surface area contributed by atoms with Gasteiger partial charge in [-0.2, -0.15) is 0 Å². The van der Waals surface area contributed by atoms with Gasteiger partial charge in [-0.1, -0.05) is 12.1 Å². The number of hydrogen-bond donors (Lipinski definition) is 0. The Morgan fingerprint density at radius 3 is 3.00 bits per heavy atom. The van der Waals surface area contributed by atoms with Gasteiger partial charge in [-0.3, -0.25) is 4.79 Å². The second-order valence-electron chi connectivity index (χ2n) is 3.74. The number of benzene rings is 1. The molecule has 4 nitrogen and oxygen atoms in total. The highest BCUT2D eigenvalue weighted by Crippen LogP contribution is 2.17. The third-order valence-electron chi connectivity index (χ3n) is 2.48. The van der Waals surface area contributed by atoms with E-state index < -0.39 is 0 Å². The highest BCUT2D eigenvalue weighted by molar-refractivity contribution is 7.13. The third kappa shape index (κ3) is 3.07. The Morgan fingerprint density at radius 1 is 1.44 bits per heavy atom. The van der Waals surface area contributed by atoms with E-state index in [9.17, 15) is 4.79 Å². The molecule has 0 unspecified atom stereocenters. The molecular weight excluding hydrogens is 248 g/mol. The van der Waals surface area contributed by atoms with Gasteiger partial charge >= 0.3 is 0 Å². The fourth-order valence-corrected chi connectivity index (χ4v) is 2.14. The number of likely N-dealkylation sites (N-methyl/N-ethyl adjacent to an activating group) is 1. The highest BCUT2D eigenvalue weighted by atomic mass is 32.1. The first-order valence-electron chi connectivity index (χ1n) is 5.59. The van der Waals surface area contributed by atoms with Crippen LogP contribution in [0.15, 0.2) is 35.8 Å². The predicted molar refractivity (Wildman–Crippen MR) is 72.7 cm³/mol. The normalized spacial score (nSPS) is 10.1. The first kappa shape index (κ1) is 12.6. The lowest BCUT2D eigenvalue weighted by atomic mass is 10.2. The molecule has 0 aliphatic rings. The number of thiazole rings is 1. The molecule has 1 aromatic carbocycles. The molecule has 0 amide bonds. The lowest BCUT2D eigenvalue weighted by molar-refractivity contribution is 0.111. The molecular formula is C13H14N2O2S. The van der Waals surface area contributed by atoms with Gasteiger partial charge in [0.2, 0.25) is 0 Å². The van der Waals surface area contributed by atoms with Crippen molar-refractivity contribution in [3.8, 4) is 5.75 Å². The van der Waals surface area contributed by atoms with E-state index in [4.69, 9.17) is 4.74 Å². The van der Waals surface area contributed by atoms with Crippen LogP contribution in [-0.2, 0) is 0 Å². The molecule has 0 atom stereocenters. The summed E-state index contributed by atoms with van der Waals surface area (Å²) in [7, 11) is 1.97. The fraction of sp³-hybridized carbons (Fsp3) is 0.231. The number of hydrogen-bond acceptors (Lipinski definition) is 5. The quantitative estimate of drug-likeness (QED) is 0.750. The van der Waals surface area contributed by atoms with Gasteiger partial charge in [0.1, 0.15) is 12.4 Å². The molecule has 1 heterocycles. The van der Waals surface area contributed by atoms with Crippen molar-refractivity contribution >= 4 is 22.8 Å². The van der Waals surface area contributed by atoms with Crippen molar-refractivity contribution in [1.29, 1.82) is 0 Å². The molecule has 2 rings (SSSR count).